The summed E-state index contributed by atoms with van der Waals surface area (Å²) in [4.78, 5) is 27.5. The molecule has 5 heteroatoms. The molecule has 2 aliphatic heterocycles. The van der Waals surface area contributed by atoms with Crippen molar-refractivity contribution in [3.8, 4) is 0 Å². The van der Waals surface area contributed by atoms with E-state index in [9.17, 15) is 14.7 Å². The number of amides is 2. The fourth-order valence-electron chi connectivity index (χ4n) is 2.84. The van der Waals surface area contributed by atoms with Crippen molar-refractivity contribution >= 4 is 11.8 Å². The Labute approximate surface area is 100 Å². The van der Waals surface area contributed by atoms with Gasteiger partial charge in [0.25, 0.3) is 0 Å². The summed E-state index contributed by atoms with van der Waals surface area (Å²) >= 11 is 0. The molecule has 1 unspecified atom stereocenters. The van der Waals surface area contributed by atoms with Crippen LogP contribution in [0.4, 0.5) is 0 Å². The van der Waals surface area contributed by atoms with Gasteiger partial charge in [-0.05, 0) is 19.3 Å². The van der Waals surface area contributed by atoms with Crippen molar-refractivity contribution in [3.05, 3.63) is 0 Å². The van der Waals surface area contributed by atoms with Gasteiger partial charge in [0.15, 0.2) is 0 Å². The van der Waals surface area contributed by atoms with Crippen LogP contribution in [0.15, 0.2) is 0 Å². The highest BCUT2D eigenvalue weighted by molar-refractivity contribution is 5.89. The first-order chi connectivity index (χ1) is 8.15. The van der Waals surface area contributed by atoms with Crippen LogP contribution >= 0.6 is 0 Å². The van der Waals surface area contributed by atoms with Crippen molar-refractivity contribution in [2.24, 2.45) is 5.92 Å². The normalized spacial score (nSPS) is 33.6. The maximum atomic E-state index is 12.2. The van der Waals surface area contributed by atoms with Crippen LogP contribution in [0.5, 0.6) is 0 Å². The van der Waals surface area contributed by atoms with Gasteiger partial charge in [0.05, 0.1) is 12.0 Å². The summed E-state index contributed by atoms with van der Waals surface area (Å²) in [6, 6.07) is 0.407. The molecule has 0 bridgehead atoms. The van der Waals surface area contributed by atoms with Gasteiger partial charge >= 0.3 is 0 Å². The van der Waals surface area contributed by atoms with Crippen LogP contribution in [0.1, 0.15) is 25.7 Å². The van der Waals surface area contributed by atoms with Crippen LogP contribution in [-0.4, -0.2) is 58.5 Å². The lowest BCUT2D eigenvalue weighted by molar-refractivity contribution is -0.135. The molecule has 2 atom stereocenters. The molecule has 1 saturated carbocycles. The minimum atomic E-state index is -0.379. The Kier molecular flexibility index (Phi) is 2.58. The zero-order valence-corrected chi connectivity index (χ0v) is 9.84. The van der Waals surface area contributed by atoms with Gasteiger partial charge in [-0.3, -0.25) is 9.59 Å². The molecule has 0 aromatic rings. The third-order valence-corrected chi connectivity index (χ3v) is 3.97. The van der Waals surface area contributed by atoms with Gasteiger partial charge in [0.1, 0.15) is 0 Å². The van der Waals surface area contributed by atoms with Crippen molar-refractivity contribution < 1.29 is 14.7 Å². The van der Waals surface area contributed by atoms with Crippen molar-refractivity contribution in [2.75, 3.05) is 19.6 Å². The van der Waals surface area contributed by atoms with Gasteiger partial charge in [-0.25, -0.2) is 0 Å². The van der Waals surface area contributed by atoms with Gasteiger partial charge in [0.2, 0.25) is 11.8 Å². The second-order valence-electron chi connectivity index (χ2n) is 5.41. The minimum absolute atomic E-state index is 0.0538. The summed E-state index contributed by atoms with van der Waals surface area (Å²) in [6.45, 7) is 1.66. The summed E-state index contributed by atoms with van der Waals surface area (Å²) < 4.78 is 0. The molecule has 5 nitrogen and oxygen atoms in total. The highest BCUT2D eigenvalue weighted by Gasteiger charge is 2.43. The summed E-state index contributed by atoms with van der Waals surface area (Å²) in [5.74, 6) is 0.0112. The lowest BCUT2D eigenvalue weighted by atomic mass is 10.1. The molecule has 1 N–H and O–H groups in total. The number of aliphatic hydroxyl groups excluding tert-OH is 1. The number of nitrogens with zero attached hydrogens (tertiary/aromatic N) is 2. The quantitative estimate of drug-likeness (QED) is 0.711. The van der Waals surface area contributed by atoms with Crippen molar-refractivity contribution in [2.45, 2.75) is 37.8 Å². The fourth-order valence-corrected chi connectivity index (χ4v) is 2.84. The molecule has 1 aliphatic carbocycles. The molecule has 0 radical (unpaired) electrons. The van der Waals surface area contributed by atoms with E-state index in [1.165, 1.54) is 0 Å². The first kappa shape index (κ1) is 11.0. The first-order valence-corrected chi connectivity index (χ1v) is 6.41. The SMILES string of the molecule is O=C(C1CC(=O)N(C2CC2)C1)N1CC[C@H](O)C1. The summed E-state index contributed by atoms with van der Waals surface area (Å²) in [5.41, 5.74) is 0. The molecule has 3 fully saturated rings. The maximum absolute atomic E-state index is 12.2. The van der Waals surface area contributed by atoms with Crippen LogP contribution in [0.25, 0.3) is 0 Å². The average molecular weight is 238 g/mol. The van der Waals surface area contributed by atoms with Crippen LogP contribution in [0.2, 0.25) is 0 Å². The van der Waals surface area contributed by atoms with E-state index in [0.717, 1.165) is 12.8 Å². The molecule has 2 saturated heterocycles. The number of rotatable bonds is 2. The van der Waals surface area contributed by atoms with E-state index in [-0.39, 0.29) is 23.8 Å². The minimum Gasteiger partial charge on any atom is -0.391 e. The Morgan fingerprint density at radius 1 is 1.24 bits per heavy atom. The fraction of sp³-hybridized carbons (Fsp3) is 0.833. The molecular weight excluding hydrogens is 220 g/mol. The molecule has 0 aromatic carbocycles. The van der Waals surface area contributed by atoms with E-state index in [0.29, 0.717) is 38.5 Å². The van der Waals surface area contributed by atoms with E-state index in [1.807, 2.05) is 4.90 Å². The number of hydrogen-bond donors (Lipinski definition) is 1. The van der Waals surface area contributed by atoms with Gasteiger partial charge in [-0.2, -0.15) is 0 Å². The van der Waals surface area contributed by atoms with E-state index >= 15 is 0 Å². The van der Waals surface area contributed by atoms with Gasteiger partial charge in [-0.1, -0.05) is 0 Å². The molecule has 2 amide bonds. The predicted octanol–water partition coefficient (Wildman–Crippen LogP) is -0.409. The second-order valence-corrected chi connectivity index (χ2v) is 5.41. The van der Waals surface area contributed by atoms with E-state index in [1.54, 1.807) is 4.90 Å². The number of β-amino-alcohol motifs (C(OH)–C–C–N with tert-alkyl or cyclic N) is 1. The molecule has 94 valence electrons. The molecule has 3 aliphatic rings. The topological polar surface area (TPSA) is 60.9 Å². The number of carbonyl (C=O) groups excluding carboxylic acids is 2. The zero-order chi connectivity index (χ0) is 12.0. The Morgan fingerprint density at radius 2 is 2.00 bits per heavy atom. The van der Waals surface area contributed by atoms with Crippen LogP contribution in [0.3, 0.4) is 0 Å². The second kappa shape index (κ2) is 3.98. The smallest absolute Gasteiger partial charge is 0.228 e. The Bertz CT molecular complexity index is 354. The van der Waals surface area contributed by atoms with Crippen LogP contribution in [0, 0.1) is 5.92 Å². The largest absolute Gasteiger partial charge is 0.391 e. The third kappa shape index (κ3) is 2.04. The lowest BCUT2D eigenvalue weighted by Gasteiger charge is -2.20. The highest BCUT2D eigenvalue weighted by atomic mass is 16.3. The number of hydrogen-bond acceptors (Lipinski definition) is 3. The maximum Gasteiger partial charge on any atom is 0.228 e. The Balaban J connectivity index is 1.61. The standard InChI is InChI=1S/C12H18N2O3/c15-10-3-4-13(7-10)12(17)8-5-11(16)14(6-8)9-1-2-9/h8-10,15H,1-7H2/t8?,10-/m0/s1. The molecule has 0 spiro atoms. The molecule has 0 aromatic heterocycles. The molecular formula is C12H18N2O3. The van der Waals surface area contributed by atoms with E-state index in [2.05, 4.69) is 0 Å². The van der Waals surface area contributed by atoms with Crippen LogP contribution < -0.4 is 0 Å². The lowest BCUT2D eigenvalue weighted by Crippen LogP contribution is -2.36. The molecule has 17 heavy (non-hydrogen) atoms. The average Bonchev–Trinajstić information content (AvgIpc) is 2.94. The van der Waals surface area contributed by atoms with Crippen LogP contribution in [-0.2, 0) is 9.59 Å². The summed E-state index contributed by atoms with van der Waals surface area (Å²) in [6.07, 6.45) is 2.83. The monoisotopic (exact) mass is 238 g/mol. The number of carbonyl (C=O) groups is 2. The summed E-state index contributed by atoms with van der Waals surface area (Å²) in [5, 5.41) is 9.42. The van der Waals surface area contributed by atoms with Crippen molar-refractivity contribution in [1.29, 1.82) is 0 Å². The van der Waals surface area contributed by atoms with Gasteiger partial charge in [-0.15, -0.1) is 0 Å². The summed E-state index contributed by atoms with van der Waals surface area (Å²) in [7, 11) is 0. The zero-order valence-electron chi connectivity index (χ0n) is 9.84. The predicted molar refractivity (Wildman–Crippen MR) is 60.0 cm³/mol. The van der Waals surface area contributed by atoms with E-state index in [4.69, 9.17) is 0 Å². The van der Waals surface area contributed by atoms with Gasteiger partial charge in [0, 0.05) is 32.1 Å². The number of aliphatic hydroxyl groups is 1. The Morgan fingerprint density at radius 3 is 2.59 bits per heavy atom. The number of likely N-dealkylation sites (tertiary alicyclic amines) is 2. The highest BCUT2D eigenvalue weighted by Crippen LogP contribution is 2.33. The molecule has 3 rings (SSSR count). The van der Waals surface area contributed by atoms with Crippen molar-refractivity contribution in [3.63, 3.8) is 0 Å². The Hall–Kier alpha value is -1.10. The third-order valence-electron chi connectivity index (χ3n) is 3.97. The van der Waals surface area contributed by atoms with Crippen molar-refractivity contribution in [1.82, 2.24) is 9.80 Å². The first-order valence-electron chi connectivity index (χ1n) is 6.41. The molecule has 2 heterocycles. The van der Waals surface area contributed by atoms with Gasteiger partial charge < -0.3 is 14.9 Å². The van der Waals surface area contributed by atoms with E-state index < -0.39 is 0 Å².